The molecule has 8 nitrogen and oxygen atoms in total. The number of amides is 2. The van der Waals surface area contributed by atoms with Gasteiger partial charge < -0.3 is 20.0 Å². The normalized spacial score (nSPS) is 20.8. The maximum atomic E-state index is 13.4. The van der Waals surface area contributed by atoms with Gasteiger partial charge in [-0.2, -0.15) is 0 Å². The van der Waals surface area contributed by atoms with Gasteiger partial charge in [0.15, 0.2) is 23.3 Å². The number of likely N-dealkylation sites (N-methyl/N-ethyl adjacent to an activating group) is 2. The van der Waals surface area contributed by atoms with E-state index in [1.165, 1.54) is 12.1 Å². The zero-order chi connectivity index (χ0) is 34.5. The summed E-state index contributed by atoms with van der Waals surface area (Å²) in [4.78, 5) is 33.1. The van der Waals surface area contributed by atoms with Gasteiger partial charge in [0, 0.05) is 76.6 Å². The Morgan fingerprint density at radius 2 is 0.979 bits per heavy atom. The third kappa shape index (κ3) is 8.74. The molecule has 4 fully saturated rings. The van der Waals surface area contributed by atoms with Crippen molar-refractivity contribution < 1.29 is 37.4 Å². The van der Waals surface area contributed by atoms with E-state index in [0.717, 1.165) is 75.6 Å². The predicted molar refractivity (Wildman–Crippen MR) is 173 cm³/mol. The van der Waals surface area contributed by atoms with Crippen LogP contribution < -0.4 is 0 Å². The van der Waals surface area contributed by atoms with E-state index in [2.05, 4.69) is 9.80 Å². The van der Waals surface area contributed by atoms with Crippen molar-refractivity contribution in [1.82, 2.24) is 19.6 Å². The summed E-state index contributed by atoms with van der Waals surface area (Å²) < 4.78 is 53.1. The van der Waals surface area contributed by atoms with Crippen LogP contribution in [0.25, 0.3) is 0 Å². The van der Waals surface area contributed by atoms with Crippen LogP contribution in [0.5, 0.6) is 0 Å². The first-order chi connectivity index (χ1) is 22.9. The minimum absolute atomic E-state index is 0.0283. The molecule has 2 saturated heterocycles. The van der Waals surface area contributed by atoms with Crippen LogP contribution in [0.3, 0.4) is 0 Å². The first-order valence-corrected chi connectivity index (χ1v) is 17.2. The fourth-order valence-corrected chi connectivity index (χ4v) is 7.74. The SMILES string of the molecule is CN(C(=O)c1ccc(F)c(F)c1)[C@@H](CN1CC(O)C1)C1CCCC1.CN(C(=O)c1ccc(F)c(F)c1)[C@H](CN1CC(O)C1)C1CCCC1. The summed E-state index contributed by atoms with van der Waals surface area (Å²) in [6, 6.07) is 6.63. The topological polar surface area (TPSA) is 87.6 Å². The highest BCUT2D eigenvalue weighted by Gasteiger charge is 2.37. The lowest BCUT2D eigenvalue weighted by molar-refractivity contribution is -0.0170. The third-order valence-corrected chi connectivity index (χ3v) is 10.6. The second-order valence-electron chi connectivity index (χ2n) is 14.1. The standard InChI is InChI=1S/2C18H24F2N2O2/c2*1-21(18(24)13-6-7-15(19)16(20)8-13)17(12-4-2-3-5-12)11-22-9-14(23)10-22/h2*6-8,12,14,17,23H,2-5,9-11H2,1H3/t2*17-/m10/s1. The second-order valence-corrected chi connectivity index (χ2v) is 14.1. The maximum Gasteiger partial charge on any atom is 0.254 e. The van der Waals surface area contributed by atoms with Gasteiger partial charge >= 0.3 is 0 Å². The summed E-state index contributed by atoms with van der Waals surface area (Å²) in [5.74, 6) is -3.63. The van der Waals surface area contributed by atoms with Crippen LogP contribution in [-0.4, -0.2) is 119 Å². The molecule has 0 radical (unpaired) electrons. The summed E-state index contributed by atoms with van der Waals surface area (Å²) >= 11 is 0. The van der Waals surface area contributed by atoms with Gasteiger partial charge in [-0.05, 0) is 73.9 Å². The smallest absolute Gasteiger partial charge is 0.254 e. The number of aliphatic hydroxyl groups is 2. The van der Waals surface area contributed by atoms with Gasteiger partial charge in [0.25, 0.3) is 11.8 Å². The Balaban J connectivity index is 0.000000188. The van der Waals surface area contributed by atoms with Crippen LogP contribution in [-0.2, 0) is 0 Å². The molecule has 2 N–H and O–H groups in total. The molecule has 2 atom stereocenters. The molecule has 6 rings (SSSR count). The average Bonchev–Trinajstić information content (AvgIpc) is 3.77. The molecule has 2 aliphatic heterocycles. The molecule has 2 heterocycles. The van der Waals surface area contributed by atoms with E-state index in [9.17, 15) is 37.4 Å². The summed E-state index contributed by atoms with van der Waals surface area (Å²) in [7, 11) is 3.48. The number of carbonyl (C=O) groups is 2. The quantitative estimate of drug-likeness (QED) is 0.360. The van der Waals surface area contributed by atoms with Gasteiger partial charge in [-0.3, -0.25) is 19.4 Å². The Hall–Kier alpha value is -3.06. The van der Waals surface area contributed by atoms with E-state index >= 15 is 0 Å². The van der Waals surface area contributed by atoms with Gasteiger partial charge in [-0.1, -0.05) is 25.7 Å². The number of rotatable bonds is 10. The molecule has 48 heavy (non-hydrogen) atoms. The minimum Gasteiger partial charge on any atom is -0.390 e. The fraction of sp³-hybridized carbons (Fsp3) is 0.611. The van der Waals surface area contributed by atoms with Crippen molar-refractivity contribution in [3.8, 4) is 0 Å². The molecule has 12 heteroatoms. The zero-order valence-corrected chi connectivity index (χ0v) is 27.8. The van der Waals surface area contributed by atoms with Crippen molar-refractivity contribution in [2.24, 2.45) is 11.8 Å². The number of β-amino-alcohol motifs (C(OH)–C–C–N with tert-alkyl or cyclic N) is 2. The molecular formula is C36H48F4N4O4. The number of hydrogen-bond acceptors (Lipinski definition) is 6. The molecule has 2 aromatic carbocycles. The Morgan fingerprint density at radius 1 is 0.646 bits per heavy atom. The largest absolute Gasteiger partial charge is 0.390 e. The Bertz CT molecular complexity index is 1300. The van der Waals surface area contributed by atoms with Gasteiger partial charge in [0.2, 0.25) is 0 Å². The average molecular weight is 677 g/mol. The maximum absolute atomic E-state index is 13.4. The Labute approximate surface area is 280 Å². The van der Waals surface area contributed by atoms with Crippen LogP contribution in [0.2, 0.25) is 0 Å². The minimum atomic E-state index is -1.00. The molecule has 0 aromatic heterocycles. The molecule has 264 valence electrons. The first-order valence-electron chi connectivity index (χ1n) is 17.2. The second kappa shape index (κ2) is 16.1. The Kier molecular flexibility index (Phi) is 12.2. The van der Waals surface area contributed by atoms with Crippen molar-refractivity contribution in [3.63, 3.8) is 0 Å². The van der Waals surface area contributed by atoms with Gasteiger partial charge in [-0.15, -0.1) is 0 Å². The van der Waals surface area contributed by atoms with Crippen LogP contribution in [0.15, 0.2) is 36.4 Å². The first kappa shape index (κ1) is 36.2. The summed E-state index contributed by atoms with van der Waals surface area (Å²) in [6.45, 7) is 3.97. The molecule has 2 aliphatic carbocycles. The van der Waals surface area contributed by atoms with Crippen molar-refractivity contribution in [2.75, 3.05) is 53.4 Å². The van der Waals surface area contributed by atoms with Crippen molar-refractivity contribution in [1.29, 1.82) is 0 Å². The van der Waals surface area contributed by atoms with Crippen molar-refractivity contribution >= 4 is 11.8 Å². The van der Waals surface area contributed by atoms with E-state index < -0.39 is 23.3 Å². The number of nitrogens with zero attached hydrogens (tertiary/aromatic N) is 4. The highest BCUT2D eigenvalue weighted by Crippen LogP contribution is 2.33. The van der Waals surface area contributed by atoms with E-state index in [-0.39, 0.29) is 47.2 Å². The fourth-order valence-electron chi connectivity index (χ4n) is 7.74. The van der Waals surface area contributed by atoms with E-state index in [1.807, 2.05) is 0 Å². The van der Waals surface area contributed by atoms with Gasteiger partial charge in [0.05, 0.1) is 12.2 Å². The Morgan fingerprint density at radius 3 is 1.27 bits per heavy atom. The van der Waals surface area contributed by atoms with E-state index in [0.29, 0.717) is 51.1 Å². The number of aliphatic hydroxyl groups excluding tert-OH is 2. The molecule has 0 unspecified atom stereocenters. The predicted octanol–water partition coefficient (Wildman–Crippen LogP) is 4.54. The number of carbonyl (C=O) groups excluding carboxylic acids is 2. The van der Waals surface area contributed by atoms with Crippen molar-refractivity contribution in [2.45, 2.75) is 75.7 Å². The number of likely N-dealkylation sites (tertiary alicyclic amines) is 2. The molecule has 2 aromatic rings. The van der Waals surface area contributed by atoms with Gasteiger partial charge in [0.1, 0.15) is 0 Å². The molecular weight excluding hydrogens is 628 g/mol. The van der Waals surface area contributed by atoms with Gasteiger partial charge in [-0.25, -0.2) is 17.6 Å². The lowest BCUT2D eigenvalue weighted by atomic mass is 9.94. The lowest BCUT2D eigenvalue weighted by Gasteiger charge is -2.42. The third-order valence-electron chi connectivity index (χ3n) is 10.6. The monoisotopic (exact) mass is 676 g/mol. The molecule has 0 spiro atoms. The highest BCUT2D eigenvalue weighted by atomic mass is 19.2. The molecule has 0 bridgehead atoms. The van der Waals surface area contributed by atoms with Crippen LogP contribution >= 0.6 is 0 Å². The number of hydrogen-bond donors (Lipinski definition) is 2. The van der Waals surface area contributed by atoms with E-state index in [1.54, 1.807) is 23.9 Å². The molecule has 2 amide bonds. The molecule has 4 aliphatic rings. The van der Waals surface area contributed by atoms with E-state index in [4.69, 9.17) is 0 Å². The van der Waals surface area contributed by atoms with Crippen molar-refractivity contribution in [3.05, 3.63) is 70.8 Å². The van der Waals surface area contributed by atoms with Crippen LogP contribution in [0, 0.1) is 35.1 Å². The number of benzene rings is 2. The van der Waals surface area contributed by atoms with Crippen LogP contribution in [0.4, 0.5) is 17.6 Å². The summed E-state index contributed by atoms with van der Waals surface area (Å²) in [5.41, 5.74) is 0.339. The van der Waals surface area contributed by atoms with Crippen LogP contribution in [0.1, 0.15) is 72.1 Å². The summed E-state index contributed by atoms with van der Waals surface area (Å²) in [6.07, 6.45) is 8.42. The zero-order valence-electron chi connectivity index (χ0n) is 27.8. The lowest BCUT2D eigenvalue weighted by Crippen LogP contribution is -2.57. The summed E-state index contributed by atoms with van der Waals surface area (Å²) in [5, 5.41) is 19.0. The molecule has 2 saturated carbocycles. The highest BCUT2D eigenvalue weighted by molar-refractivity contribution is 5.94. The number of halogens is 4.